The average Bonchev–Trinajstić information content (AvgIpc) is 3.25. The Hall–Kier alpha value is -2.01. The van der Waals surface area contributed by atoms with E-state index < -0.39 is 0 Å². The zero-order valence-corrected chi connectivity index (χ0v) is 13.4. The summed E-state index contributed by atoms with van der Waals surface area (Å²) in [7, 11) is 1.71. The summed E-state index contributed by atoms with van der Waals surface area (Å²) >= 11 is 0. The van der Waals surface area contributed by atoms with Gasteiger partial charge in [0, 0.05) is 44.1 Å². The van der Waals surface area contributed by atoms with E-state index in [-0.39, 0.29) is 11.3 Å². The van der Waals surface area contributed by atoms with Gasteiger partial charge in [0.25, 0.3) is 0 Å². The molecule has 5 heteroatoms. The summed E-state index contributed by atoms with van der Waals surface area (Å²) in [5.41, 5.74) is 2.95. The van der Waals surface area contributed by atoms with Crippen molar-refractivity contribution in [1.82, 2.24) is 14.9 Å². The van der Waals surface area contributed by atoms with E-state index in [4.69, 9.17) is 4.74 Å². The Bertz CT molecular complexity index is 736. The van der Waals surface area contributed by atoms with Gasteiger partial charge in [-0.05, 0) is 25.0 Å². The van der Waals surface area contributed by atoms with Crippen molar-refractivity contribution in [2.24, 2.45) is 5.41 Å². The molecule has 1 amide bonds. The number of carbonyl (C=O) groups is 1. The Balaban J connectivity index is 1.37. The van der Waals surface area contributed by atoms with Crippen LogP contribution in [-0.4, -0.2) is 47.6 Å². The van der Waals surface area contributed by atoms with Gasteiger partial charge in [0.15, 0.2) is 0 Å². The number of rotatable bonds is 5. The van der Waals surface area contributed by atoms with Crippen molar-refractivity contribution >= 4 is 16.9 Å². The van der Waals surface area contributed by atoms with Gasteiger partial charge in [-0.3, -0.25) is 9.78 Å². The SMILES string of the molecule is COCC1(CC(=O)N2CC(c3cnc4ccccc4n3)C2)CC1. The lowest BCUT2D eigenvalue weighted by molar-refractivity contribution is -0.137. The van der Waals surface area contributed by atoms with Crippen LogP contribution >= 0.6 is 0 Å². The maximum Gasteiger partial charge on any atom is 0.223 e. The number of hydrogen-bond donors (Lipinski definition) is 0. The van der Waals surface area contributed by atoms with E-state index in [9.17, 15) is 4.79 Å². The van der Waals surface area contributed by atoms with E-state index in [1.807, 2.05) is 35.4 Å². The summed E-state index contributed by atoms with van der Waals surface area (Å²) < 4.78 is 5.24. The van der Waals surface area contributed by atoms with Gasteiger partial charge in [-0.15, -0.1) is 0 Å². The molecule has 0 bridgehead atoms. The number of amides is 1. The number of benzene rings is 1. The molecule has 1 aromatic heterocycles. The molecule has 120 valence electrons. The molecular formula is C18H21N3O2. The van der Waals surface area contributed by atoms with Gasteiger partial charge < -0.3 is 9.64 Å². The predicted octanol–water partition coefficient (Wildman–Crippen LogP) is 2.37. The molecule has 2 aromatic rings. The first-order valence-corrected chi connectivity index (χ1v) is 8.18. The second-order valence-electron chi connectivity index (χ2n) is 6.89. The van der Waals surface area contributed by atoms with Gasteiger partial charge in [-0.1, -0.05) is 12.1 Å². The third-order valence-electron chi connectivity index (χ3n) is 5.05. The number of methoxy groups -OCH3 is 1. The minimum atomic E-state index is 0.125. The molecule has 0 spiro atoms. The van der Waals surface area contributed by atoms with Crippen molar-refractivity contribution in [2.75, 3.05) is 26.8 Å². The third kappa shape index (κ3) is 2.81. The van der Waals surface area contributed by atoms with Gasteiger partial charge >= 0.3 is 0 Å². The first-order valence-electron chi connectivity index (χ1n) is 8.18. The number of likely N-dealkylation sites (tertiary alicyclic amines) is 1. The summed E-state index contributed by atoms with van der Waals surface area (Å²) in [6.07, 6.45) is 4.69. The Kier molecular flexibility index (Phi) is 3.53. The lowest BCUT2D eigenvalue weighted by atomic mass is 9.94. The van der Waals surface area contributed by atoms with Crippen LogP contribution in [0.5, 0.6) is 0 Å². The average molecular weight is 311 g/mol. The maximum atomic E-state index is 12.4. The number of para-hydroxylation sites is 2. The molecule has 0 N–H and O–H groups in total. The van der Waals surface area contributed by atoms with E-state index >= 15 is 0 Å². The number of nitrogens with zero attached hydrogens (tertiary/aromatic N) is 3. The molecule has 1 saturated carbocycles. The summed E-state index contributed by atoms with van der Waals surface area (Å²) in [5.74, 6) is 0.568. The van der Waals surface area contributed by atoms with Crippen molar-refractivity contribution in [3.05, 3.63) is 36.2 Å². The Labute approximate surface area is 135 Å². The molecule has 1 aromatic carbocycles. The lowest BCUT2D eigenvalue weighted by Gasteiger charge is -2.39. The smallest absolute Gasteiger partial charge is 0.223 e. The molecule has 0 atom stereocenters. The number of hydrogen-bond acceptors (Lipinski definition) is 4. The molecule has 4 rings (SSSR count). The molecule has 23 heavy (non-hydrogen) atoms. The second kappa shape index (κ2) is 5.57. The first-order chi connectivity index (χ1) is 11.2. The summed E-state index contributed by atoms with van der Waals surface area (Å²) in [5, 5.41) is 0. The fraction of sp³-hybridized carbons (Fsp3) is 0.500. The Morgan fingerprint density at radius 1 is 1.30 bits per heavy atom. The minimum Gasteiger partial charge on any atom is -0.384 e. The molecule has 2 aliphatic rings. The number of carbonyl (C=O) groups excluding carboxylic acids is 1. The predicted molar refractivity (Wildman–Crippen MR) is 87.0 cm³/mol. The van der Waals surface area contributed by atoms with Crippen LogP contribution in [0.25, 0.3) is 11.0 Å². The molecule has 0 radical (unpaired) electrons. The van der Waals surface area contributed by atoms with Crippen LogP contribution in [0.1, 0.15) is 30.9 Å². The second-order valence-corrected chi connectivity index (χ2v) is 6.89. The molecule has 1 aliphatic heterocycles. The standard InChI is InChI=1S/C18H21N3O2/c1-23-12-18(6-7-18)8-17(22)21-10-13(11-21)16-9-19-14-4-2-3-5-15(14)20-16/h2-5,9,13H,6-8,10-12H2,1H3. The van der Waals surface area contributed by atoms with Gasteiger partial charge in [-0.25, -0.2) is 4.98 Å². The number of fused-ring (bicyclic) bond motifs is 1. The van der Waals surface area contributed by atoms with Crippen molar-refractivity contribution < 1.29 is 9.53 Å². The number of aromatic nitrogens is 2. The highest BCUT2D eigenvalue weighted by molar-refractivity contribution is 5.78. The topological polar surface area (TPSA) is 55.3 Å². The Morgan fingerprint density at radius 2 is 2.04 bits per heavy atom. The molecule has 1 saturated heterocycles. The molecule has 2 heterocycles. The first kappa shape index (κ1) is 14.6. The van der Waals surface area contributed by atoms with E-state index in [0.29, 0.717) is 18.9 Å². The monoisotopic (exact) mass is 311 g/mol. The summed E-state index contributed by atoms with van der Waals surface area (Å²) in [4.78, 5) is 23.5. The number of ether oxygens (including phenoxy) is 1. The van der Waals surface area contributed by atoms with Crippen LogP contribution < -0.4 is 0 Å². The summed E-state index contributed by atoms with van der Waals surface area (Å²) in [6.45, 7) is 2.22. The van der Waals surface area contributed by atoms with E-state index in [2.05, 4.69) is 9.97 Å². The highest BCUT2D eigenvalue weighted by atomic mass is 16.5. The van der Waals surface area contributed by atoms with Crippen molar-refractivity contribution in [1.29, 1.82) is 0 Å². The molecule has 2 fully saturated rings. The van der Waals surface area contributed by atoms with Crippen molar-refractivity contribution in [3.63, 3.8) is 0 Å². The highest BCUT2D eigenvalue weighted by Gasteiger charge is 2.46. The lowest BCUT2D eigenvalue weighted by Crippen LogP contribution is -2.49. The van der Waals surface area contributed by atoms with E-state index in [0.717, 1.165) is 42.7 Å². The van der Waals surface area contributed by atoms with Gasteiger partial charge in [-0.2, -0.15) is 0 Å². The molecule has 5 nitrogen and oxygen atoms in total. The largest absolute Gasteiger partial charge is 0.384 e. The van der Waals surface area contributed by atoms with Crippen LogP contribution in [0, 0.1) is 5.41 Å². The summed E-state index contributed by atoms with van der Waals surface area (Å²) in [6, 6.07) is 7.89. The van der Waals surface area contributed by atoms with Crippen LogP contribution in [0.4, 0.5) is 0 Å². The van der Waals surface area contributed by atoms with E-state index in [1.165, 1.54) is 0 Å². The molecular weight excluding hydrogens is 290 g/mol. The molecule has 1 aliphatic carbocycles. The quantitative estimate of drug-likeness (QED) is 0.850. The zero-order chi connectivity index (χ0) is 15.9. The third-order valence-corrected chi connectivity index (χ3v) is 5.05. The normalized spacial score (nSPS) is 19.6. The van der Waals surface area contributed by atoms with Crippen LogP contribution in [0.2, 0.25) is 0 Å². The van der Waals surface area contributed by atoms with Gasteiger partial charge in [0.2, 0.25) is 5.91 Å². The molecule has 0 unspecified atom stereocenters. The van der Waals surface area contributed by atoms with Crippen LogP contribution in [-0.2, 0) is 9.53 Å². The fourth-order valence-corrected chi connectivity index (χ4v) is 3.33. The van der Waals surface area contributed by atoms with Crippen molar-refractivity contribution in [3.8, 4) is 0 Å². The maximum absolute atomic E-state index is 12.4. The van der Waals surface area contributed by atoms with Gasteiger partial charge in [0.1, 0.15) is 0 Å². The fourth-order valence-electron chi connectivity index (χ4n) is 3.33. The van der Waals surface area contributed by atoms with Crippen molar-refractivity contribution in [2.45, 2.75) is 25.2 Å². The zero-order valence-electron chi connectivity index (χ0n) is 13.4. The highest BCUT2D eigenvalue weighted by Crippen LogP contribution is 2.49. The van der Waals surface area contributed by atoms with E-state index in [1.54, 1.807) is 7.11 Å². The Morgan fingerprint density at radius 3 is 2.74 bits per heavy atom. The van der Waals surface area contributed by atoms with Gasteiger partial charge in [0.05, 0.1) is 23.3 Å². The van der Waals surface area contributed by atoms with Crippen LogP contribution in [0.3, 0.4) is 0 Å². The minimum absolute atomic E-state index is 0.125. The van der Waals surface area contributed by atoms with Crippen LogP contribution in [0.15, 0.2) is 30.5 Å².